The van der Waals surface area contributed by atoms with Crippen molar-refractivity contribution in [1.82, 2.24) is 10.2 Å². The molecule has 7 nitrogen and oxygen atoms in total. The zero-order valence-corrected chi connectivity index (χ0v) is 15.3. The van der Waals surface area contributed by atoms with Gasteiger partial charge in [0.25, 0.3) is 0 Å². The molecule has 2 N–H and O–H groups in total. The van der Waals surface area contributed by atoms with Crippen molar-refractivity contribution in [3.8, 4) is 0 Å². The Morgan fingerprint density at radius 2 is 1.96 bits per heavy atom. The third-order valence-corrected chi connectivity index (χ3v) is 4.74. The first kappa shape index (κ1) is 18.7. The fourth-order valence-corrected chi connectivity index (χ4v) is 3.23. The van der Waals surface area contributed by atoms with Crippen molar-refractivity contribution in [3.05, 3.63) is 58.5 Å². The molecule has 7 heteroatoms. The molecule has 0 bridgehead atoms. The van der Waals surface area contributed by atoms with E-state index in [1.54, 1.807) is 11.8 Å². The molecule has 1 aliphatic rings. The Hall–Kier alpha value is -3.09. The summed E-state index contributed by atoms with van der Waals surface area (Å²) in [5, 5.41) is 11.8. The Kier molecular flexibility index (Phi) is 5.30. The van der Waals surface area contributed by atoms with Crippen LogP contribution in [-0.2, 0) is 22.7 Å². The maximum Gasteiger partial charge on any atom is 0.339 e. The number of aryl methyl sites for hydroxylation is 2. The van der Waals surface area contributed by atoms with E-state index >= 15 is 0 Å². The lowest BCUT2D eigenvalue weighted by Gasteiger charge is -2.24. The van der Waals surface area contributed by atoms with E-state index in [9.17, 15) is 14.4 Å². The molecule has 0 radical (unpaired) electrons. The number of hydrogen-bond acceptors (Lipinski definition) is 4. The van der Waals surface area contributed by atoms with Crippen LogP contribution < -0.4 is 5.32 Å². The Labute approximate surface area is 157 Å². The number of carboxylic acids is 1. The number of benzene rings is 1. The van der Waals surface area contributed by atoms with Crippen molar-refractivity contribution < 1.29 is 23.9 Å². The highest BCUT2D eigenvalue weighted by Gasteiger charge is 2.35. The molecule has 1 saturated heterocycles. The van der Waals surface area contributed by atoms with Gasteiger partial charge in [0.2, 0.25) is 11.8 Å². The fourth-order valence-electron chi connectivity index (χ4n) is 3.23. The molecule has 142 valence electrons. The van der Waals surface area contributed by atoms with E-state index < -0.39 is 12.0 Å². The monoisotopic (exact) mass is 370 g/mol. The number of nitrogens with one attached hydrogen (secondary N) is 1. The molecule has 1 aromatic heterocycles. The minimum atomic E-state index is -1.07. The van der Waals surface area contributed by atoms with Gasteiger partial charge in [-0.1, -0.05) is 29.8 Å². The summed E-state index contributed by atoms with van der Waals surface area (Å²) < 4.78 is 5.37. The highest BCUT2D eigenvalue weighted by Crippen LogP contribution is 2.22. The van der Waals surface area contributed by atoms with Gasteiger partial charge in [-0.25, -0.2) is 4.79 Å². The highest BCUT2D eigenvalue weighted by molar-refractivity contribution is 5.91. The Balaban J connectivity index is 1.64. The molecule has 1 aromatic carbocycles. The van der Waals surface area contributed by atoms with Gasteiger partial charge in [-0.2, -0.15) is 0 Å². The normalized spacial score (nSPS) is 16.6. The molecule has 2 aromatic rings. The number of carboxylic acid groups (broad SMARTS) is 1. The third kappa shape index (κ3) is 4.19. The van der Waals surface area contributed by atoms with Gasteiger partial charge in [-0.05, 0) is 31.9 Å². The van der Waals surface area contributed by atoms with Crippen molar-refractivity contribution >= 4 is 17.8 Å². The number of furan rings is 1. The molecule has 0 saturated carbocycles. The van der Waals surface area contributed by atoms with Gasteiger partial charge in [0.05, 0.1) is 6.54 Å². The summed E-state index contributed by atoms with van der Waals surface area (Å²) in [6, 6.07) is 8.73. The Morgan fingerprint density at radius 3 is 2.59 bits per heavy atom. The van der Waals surface area contributed by atoms with Crippen LogP contribution in [-0.4, -0.2) is 33.8 Å². The summed E-state index contributed by atoms with van der Waals surface area (Å²) in [6.45, 7) is 4.02. The third-order valence-electron chi connectivity index (χ3n) is 4.74. The van der Waals surface area contributed by atoms with Crippen molar-refractivity contribution in [3.63, 3.8) is 0 Å². The summed E-state index contributed by atoms with van der Waals surface area (Å²) in [5.41, 5.74) is 2.19. The standard InChI is InChI=1S/C20H22N2O5/c1-12-3-5-14(6-4-12)11-22-17(7-8-18(22)23)19(24)21-10-15-9-16(20(25)26)13(2)27-15/h3-6,9,17H,7-8,10-11H2,1-2H3,(H,21,24)(H,25,26)/t17-/m1/s1. The van der Waals surface area contributed by atoms with E-state index in [0.29, 0.717) is 30.9 Å². The maximum absolute atomic E-state index is 12.6. The molecule has 27 heavy (non-hydrogen) atoms. The van der Waals surface area contributed by atoms with Crippen LogP contribution in [0.2, 0.25) is 0 Å². The van der Waals surface area contributed by atoms with Gasteiger partial charge in [-0.3, -0.25) is 9.59 Å². The van der Waals surface area contributed by atoms with Crippen LogP contribution in [0.5, 0.6) is 0 Å². The number of likely N-dealkylation sites (tertiary alicyclic amines) is 1. The number of aromatic carboxylic acids is 1. The number of amides is 2. The summed E-state index contributed by atoms with van der Waals surface area (Å²) in [7, 11) is 0. The quantitative estimate of drug-likeness (QED) is 0.813. The Bertz CT molecular complexity index is 869. The van der Waals surface area contributed by atoms with Crippen LogP contribution in [0.15, 0.2) is 34.7 Å². The molecule has 1 aliphatic heterocycles. The van der Waals surface area contributed by atoms with Crippen LogP contribution in [0.1, 0.15) is 45.8 Å². The molecular formula is C20H22N2O5. The molecule has 1 atom stereocenters. The average molecular weight is 370 g/mol. The highest BCUT2D eigenvalue weighted by atomic mass is 16.4. The van der Waals surface area contributed by atoms with E-state index in [2.05, 4.69) is 5.32 Å². The van der Waals surface area contributed by atoms with Crippen LogP contribution in [0, 0.1) is 13.8 Å². The van der Waals surface area contributed by atoms with Crippen LogP contribution in [0.4, 0.5) is 0 Å². The second kappa shape index (κ2) is 7.65. The van der Waals surface area contributed by atoms with Gasteiger partial charge in [0, 0.05) is 13.0 Å². The number of hydrogen-bond donors (Lipinski definition) is 2. The topological polar surface area (TPSA) is 99.9 Å². The van der Waals surface area contributed by atoms with Crippen LogP contribution in [0.25, 0.3) is 0 Å². The summed E-state index contributed by atoms with van der Waals surface area (Å²) >= 11 is 0. The number of carbonyl (C=O) groups excluding carboxylic acids is 2. The van der Waals surface area contributed by atoms with Crippen molar-refractivity contribution in [1.29, 1.82) is 0 Å². The first-order valence-corrected chi connectivity index (χ1v) is 8.80. The lowest BCUT2D eigenvalue weighted by Crippen LogP contribution is -2.44. The van der Waals surface area contributed by atoms with E-state index in [-0.39, 0.29) is 23.9 Å². The smallest absolute Gasteiger partial charge is 0.339 e. The lowest BCUT2D eigenvalue weighted by atomic mass is 10.1. The zero-order valence-electron chi connectivity index (χ0n) is 15.3. The number of carbonyl (C=O) groups is 3. The van der Waals surface area contributed by atoms with E-state index in [1.807, 2.05) is 31.2 Å². The number of rotatable bonds is 6. The molecule has 1 fully saturated rings. The predicted octanol–water partition coefficient (Wildman–Crippen LogP) is 2.40. The molecule has 0 aliphatic carbocycles. The van der Waals surface area contributed by atoms with Crippen LogP contribution >= 0.6 is 0 Å². The number of nitrogens with zero attached hydrogens (tertiary/aromatic N) is 1. The molecule has 3 rings (SSSR count). The largest absolute Gasteiger partial charge is 0.478 e. The molecular weight excluding hydrogens is 348 g/mol. The van der Waals surface area contributed by atoms with Crippen molar-refractivity contribution in [2.75, 3.05) is 0 Å². The molecule has 0 unspecified atom stereocenters. The van der Waals surface area contributed by atoms with Gasteiger partial charge >= 0.3 is 5.97 Å². The van der Waals surface area contributed by atoms with Gasteiger partial charge in [0.1, 0.15) is 23.1 Å². The lowest BCUT2D eigenvalue weighted by molar-refractivity contribution is -0.135. The second-order valence-electron chi connectivity index (χ2n) is 6.77. The van der Waals surface area contributed by atoms with E-state index in [0.717, 1.165) is 11.1 Å². The predicted molar refractivity (Wildman–Crippen MR) is 97.0 cm³/mol. The average Bonchev–Trinajstić information content (AvgIpc) is 3.18. The molecule has 2 heterocycles. The van der Waals surface area contributed by atoms with E-state index in [4.69, 9.17) is 9.52 Å². The molecule has 0 spiro atoms. The van der Waals surface area contributed by atoms with Gasteiger partial charge < -0.3 is 19.7 Å². The zero-order chi connectivity index (χ0) is 19.6. The first-order valence-electron chi connectivity index (χ1n) is 8.80. The summed E-state index contributed by atoms with van der Waals surface area (Å²) in [6.07, 6.45) is 0.807. The fraction of sp³-hybridized carbons (Fsp3) is 0.350. The van der Waals surface area contributed by atoms with Crippen molar-refractivity contribution in [2.45, 2.75) is 45.8 Å². The molecule has 2 amide bonds. The first-order chi connectivity index (χ1) is 12.8. The van der Waals surface area contributed by atoms with E-state index in [1.165, 1.54) is 6.07 Å². The van der Waals surface area contributed by atoms with Crippen LogP contribution in [0.3, 0.4) is 0 Å². The Morgan fingerprint density at radius 1 is 1.26 bits per heavy atom. The van der Waals surface area contributed by atoms with Gasteiger partial charge in [0.15, 0.2) is 0 Å². The maximum atomic E-state index is 12.6. The second-order valence-corrected chi connectivity index (χ2v) is 6.77. The van der Waals surface area contributed by atoms with Crippen molar-refractivity contribution in [2.24, 2.45) is 0 Å². The SMILES string of the molecule is Cc1ccc(CN2C(=O)CC[C@@H]2C(=O)NCc2cc(C(=O)O)c(C)o2)cc1. The van der Waals surface area contributed by atoms with Gasteiger partial charge in [-0.15, -0.1) is 0 Å². The minimum absolute atomic E-state index is 0.0438. The summed E-state index contributed by atoms with van der Waals surface area (Å²) in [5.74, 6) is -0.715. The minimum Gasteiger partial charge on any atom is -0.478 e. The summed E-state index contributed by atoms with van der Waals surface area (Å²) in [4.78, 5) is 37.5.